The standard InChI is InChI=1S/C19H24N4O2S/c24-19(23-10-12-25-13-11-23)17-15-26-18(20-17)14-21-6-8-22(9-7-21)16-4-2-1-3-5-16/h1-5,15H,6-14H2. The number of amides is 1. The first-order valence-electron chi connectivity index (χ1n) is 9.13. The Morgan fingerprint density at radius 3 is 2.50 bits per heavy atom. The summed E-state index contributed by atoms with van der Waals surface area (Å²) in [6, 6.07) is 10.6. The molecular weight excluding hydrogens is 348 g/mol. The summed E-state index contributed by atoms with van der Waals surface area (Å²) in [5.74, 6) is 0.0321. The van der Waals surface area contributed by atoms with Crippen molar-refractivity contribution in [2.24, 2.45) is 0 Å². The second-order valence-corrected chi connectivity index (χ2v) is 7.57. The fraction of sp³-hybridized carbons (Fsp3) is 0.474. The molecule has 2 fully saturated rings. The first-order chi connectivity index (χ1) is 12.8. The van der Waals surface area contributed by atoms with Crippen molar-refractivity contribution in [1.82, 2.24) is 14.8 Å². The maximum atomic E-state index is 12.5. The Kier molecular flexibility index (Phi) is 5.48. The molecule has 1 aromatic heterocycles. The van der Waals surface area contributed by atoms with Crippen LogP contribution in [0.25, 0.3) is 0 Å². The number of piperazine rings is 1. The largest absolute Gasteiger partial charge is 0.378 e. The van der Waals surface area contributed by atoms with Crippen molar-refractivity contribution in [1.29, 1.82) is 0 Å². The molecule has 6 nitrogen and oxygen atoms in total. The van der Waals surface area contributed by atoms with E-state index in [2.05, 4.69) is 45.1 Å². The lowest BCUT2D eigenvalue weighted by Crippen LogP contribution is -2.46. The third kappa shape index (κ3) is 4.06. The number of benzene rings is 1. The summed E-state index contributed by atoms with van der Waals surface area (Å²) in [7, 11) is 0. The van der Waals surface area contributed by atoms with Crippen molar-refractivity contribution in [3.05, 3.63) is 46.4 Å². The zero-order chi connectivity index (χ0) is 17.8. The number of morpholine rings is 1. The Morgan fingerprint density at radius 1 is 1.04 bits per heavy atom. The average Bonchev–Trinajstić information content (AvgIpc) is 3.18. The lowest BCUT2D eigenvalue weighted by Gasteiger charge is -2.35. The number of anilines is 1. The van der Waals surface area contributed by atoms with E-state index in [1.807, 2.05) is 10.3 Å². The van der Waals surface area contributed by atoms with Crippen molar-refractivity contribution < 1.29 is 9.53 Å². The molecule has 138 valence electrons. The molecule has 1 amide bonds. The highest BCUT2D eigenvalue weighted by Crippen LogP contribution is 2.19. The quantitative estimate of drug-likeness (QED) is 0.821. The maximum absolute atomic E-state index is 12.5. The molecule has 3 heterocycles. The van der Waals surface area contributed by atoms with Gasteiger partial charge in [-0.05, 0) is 12.1 Å². The fourth-order valence-electron chi connectivity index (χ4n) is 3.40. The van der Waals surface area contributed by atoms with Crippen LogP contribution in [0.3, 0.4) is 0 Å². The molecule has 0 atom stereocenters. The number of thiazole rings is 1. The van der Waals surface area contributed by atoms with Gasteiger partial charge in [-0.25, -0.2) is 4.98 Å². The molecule has 7 heteroatoms. The van der Waals surface area contributed by atoms with E-state index in [0.29, 0.717) is 32.0 Å². The number of para-hydroxylation sites is 1. The van der Waals surface area contributed by atoms with Crippen molar-refractivity contribution in [3.63, 3.8) is 0 Å². The number of aromatic nitrogens is 1. The first kappa shape index (κ1) is 17.5. The minimum absolute atomic E-state index is 0.0321. The van der Waals surface area contributed by atoms with E-state index in [4.69, 9.17) is 4.74 Å². The Morgan fingerprint density at radius 2 is 1.77 bits per heavy atom. The highest BCUT2D eigenvalue weighted by molar-refractivity contribution is 7.09. The van der Waals surface area contributed by atoms with Gasteiger partial charge < -0.3 is 14.5 Å². The number of rotatable bonds is 4. The summed E-state index contributed by atoms with van der Waals surface area (Å²) in [6.45, 7) is 7.46. The molecule has 2 aliphatic heterocycles. The molecule has 0 N–H and O–H groups in total. The van der Waals surface area contributed by atoms with Crippen LogP contribution < -0.4 is 4.90 Å². The molecular formula is C19H24N4O2S. The number of carbonyl (C=O) groups is 1. The van der Waals surface area contributed by atoms with Gasteiger partial charge in [0.25, 0.3) is 5.91 Å². The average molecular weight is 372 g/mol. The SMILES string of the molecule is O=C(c1csc(CN2CCN(c3ccccc3)CC2)n1)N1CCOCC1. The Balaban J connectivity index is 1.30. The van der Waals surface area contributed by atoms with Gasteiger partial charge >= 0.3 is 0 Å². The molecule has 1 aromatic carbocycles. The summed E-state index contributed by atoms with van der Waals surface area (Å²) in [5.41, 5.74) is 1.87. The zero-order valence-corrected chi connectivity index (χ0v) is 15.7. The summed E-state index contributed by atoms with van der Waals surface area (Å²) in [6.07, 6.45) is 0. The van der Waals surface area contributed by atoms with Crippen LogP contribution in [0, 0.1) is 0 Å². The van der Waals surface area contributed by atoms with Gasteiger partial charge in [-0.2, -0.15) is 0 Å². The normalized spacial score (nSPS) is 18.9. The van der Waals surface area contributed by atoms with Crippen LogP contribution in [0.5, 0.6) is 0 Å². The molecule has 0 aliphatic carbocycles. The van der Waals surface area contributed by atoms with E-state index in [9.17, 15) is 4.79 Å². The van der Waals surface area contributed by atoms with Gasteiger partial charge in [-0.15, -0.1) is 11.3 Å². The van der Waals surface area contributed by atoms with Gasteiger partial charge in [0.1, 0.15) is 10.7 Å². The molecule has 0 bridgehead atoms. The summed E-state index contributed by atoms with van der Waals surface area (Å²) in [5, 5.41) is 2.92. The number of ether oxygens (including phenoxy) is 1. The van der Waals surface area contributed by atoms with Gasteiger partial charge in [0.15, 0.2) is 0 Å². The van der Waals surface area contributed by atoms with Crippen LogP contribution in [0.2, 0.25) is 0 Å². The first-order valence-corrected chi connectivity index (χ1v) is 10.0. The summed E-state index contributed by atoms with van der Waals surface area (Å²) < 4.78 is 5.31. The summed E-state index contributed by atoms with van der Waals surface area (Å²) in [4.78, 5) is 23.8. The fourth-order valence-corrected chi connectivity index (χ4v) is 4.21. The molecule has 0 saturated carbocycles. The van der Waals surface area contributed by atoms with Gasteiger partial charge in [-0.1, -0.05) is 18.2 Å². The second-order valence-electron chi connectivity index (χ2n) is 6.63. The van der Waals surface area contributed by atoms with Gasteiger partial charge in [0.2, 0.25) is 0 Å². The summed E-state index contributed by atoms with van der Waals surface area (Å²) >= 11 is 1.59. The molecule has 2 aliphatic rings. The lowest BCUT2D eigenvalue weighted by molar-refractivity contribution is 0.0299. The smallest absolute Gasteiger partial charge is 0.273 e. The Hall–Kier alpha value is -1.96. The molecule has 0 unspecified atom stereocenters. The maximum Gasteiger partial charge on any atom is 0.273 e. The number of hydrogen-bond donors (Lipinski definition) is 0. The molecule has 26 heavy (non-hydrogen) atoms. The lowest BCUT2D eigenvalue weighted by atomic mass is 10.2. The highest BCUT2D eigenvalue weighted by Gasteiger charge is 2.22. The predicted octanol–water partition coefficient (Wildman–Crippen LogP) is 1.94. The van der Waals surface area contributed by atoms with Crippen LogP contribution >= 0.6 is 11.3 Å². The molecule has 4 rings (SSSR count). The van der Waals surface area contributed by atoms with Crippen molar-refractivity contribution >= 4 is 22.9 Å². The molecule has 2 saturated heterocycles. The van der Waals surface area contributed by atoms with E-state index in [1.54, 1.807) is 11.3 Å². The van der Waals surface area contributed by atoms with Crippen LogP contribution in [0.1, 0.15) is 15.5 Å². The molecule has 0 radical (unpaired) electrons. The van der Waals surface area contributed by atoms with E-state index in [0.717, 1.165) is 37.7 Å². The predicted molar refractivity (Wildman–Crippen MR) is 103 cm³/mol. The minimum atomic E-state index is 0.0321. The van der Waals surface area contributed by atoms with Gasteiger partial charge in [0.05, 0.1) is 19.8 Å². The third-order valence-corrected chi connectivity index (χ3v) is 5.76. The number of carbonyl (C=O) groups excluding carboxylic acids is 1. The van der Waals surface area contributed by atoms with Gasteiger partial charge in [0, 0.05) is 50.3 Å². The monoisotopic (exact) mass is 372 g/mol. The van der Waals surface area contributed by atoms with Crippen LogP contribution in [0.4, 0.5) is 5.69 Å². The topological polar surface area (TPSA) is 48.9 Å². The van der Waals surface area contributed by atoms with E-state index >= 15 is 0 Å². The molecule has 0 spiro atoms. The van der Waals surface area contributed by atoms with Crippen molar-refractivity contribution in [2.45, 2.75) is 6.54 Å². The molecule has 2 aromatic rings. The Bertz CT molecular complexity index is 722. The zero-order valence-electron chi connectivity index (χ0n) is 14.8. The highest BCUT2D eigenvalue weighted by atomic mass is 32.1. The van der Waals surface area contributed by atoms with Crippen LogP contribution in [-0.4, -0.2) is 73.2 Å². The van der Waals surface area contributed by atoms with E-state index in [-0.39, 0.29) is 5.91 Å². The van der Waals surface area contributed by atoms with E-state index < -0.39 is 0 Å². The minimum Gasteiger partial charge on any atom is -0.378 e. The van der Waals surface area contributed by atoms with Crippen LogP contribution in [0.15, 0.2) is 35.7 Å². The van der Waals surface area contributed by atoms with Crippen molar-refractivity contribution in [2.75, 3.05) is 57.4 Å². The number of nitrogens with zero attached hydrogens (tertiary/aromatic N) is 4. The van der Waals surface area contributed by atoms with Crippen molar-refractivity contribution in [3.8, 4) is 0 Å². The Labute approximate surface area is 158 Å². The van der Waals surface area contributed by atoms with Crippen LogP contribution in [-0.2, 0) is 11.3 Å². The second kappa shape index (κ2) is 8.16. The number of hydrogen-bond acceptors (Lipinski definition) is 6. The third-order valence-electron chi connectivity index (χ3n) is 4.92. The van der Waals surface area contributed by atoms with Gasteiger partial charge in [-0.3, -0.25) is 9.69 Å². The van der Waals surface area contributed by atoms with E-state index in [1.165, 1.54) is 5.69 Å².